The normalized spacial score (nSPS) is 30.8. The maximum atomic E-state index is 12.8. The minimum absolute atomic E-state index is 0.113. The minimum atomic E-state index is -3.05. The van der Waals surface area contributed by atoms with Crippen LogP contribution in [-0.2, 0) is 14.6 Å². The summed E-state index contributed by atoms with van der Waals surface area (Å²) in [6.45, 7) is 3.10. The van der Waals surface area contributed by atoms with Crippen molar-refractivity contribution in [2.75, 3.05) is 11.5 Å². The number of alkyl halides is 2. The van der Waals surface area contributed by atoms with Crippen LogP contribution in [0.2, 0.25) is 0 Å². The van der Waals surface area contributed by atoms with Crippen LogP contribution in [-0.4, -0.2) is 37.3 Å². The van der Waals surface area contributed by atoms with Crippen LogP contribution in [0.25, 0.3) is 0 Å². The van der Waals surface area contributed by atoms with E-state index in [-0.39, 0.29) is 11.5 Å². The fourth-order valence-electron chi connectivity index (χ4n) is 2.68. The summed E-state index contributed by atoms with van der Waals surface area (Å²) in [6, 6.07) is 0. The summed E-state index contributed by atoms with van der Waals surface area (Å²) >= 11 is 0. The molecule has 0 unspecified atom stereocenters. The average Bonchev–Trinajstić information content (AvgIpc) is 1.94. The van der Waals surface area contributed by atoms with E-state index in [9.17, 15) is 22.0 Å². The molecule has 1 aliphatic carbocycles. The van der Waals surface area contributed by atoms with Gasteiger partial charge in [0.15, 0.2) is 9.84 Å². The first-order valence-corrected chi connectivity index (χ1v) is 7.19. The first kappa shape index (κ1) is 12.7. The molecule has 1 heterocycles. The predicted octanol–water partition coefficient (Wildman–Crippen LogP) is 0.725. The second-order valence-corrected chi connectivity index (χ2v) is 7.88. The lowest BCUT2D eigenvalue weighted by molar-refractivity contribution is -0.175. The average molecular weight is 267 g/mol. The number of carbonyl (C=O) groups excluding carboxylic acids is 1. The van der Waals surface area contributed by atoms with E-state index in [1.165, 1.54) is 6.92 Å². The highest BCUT2D eigenvalue weighted by atomic mass is 32.2. The SMILES string of the molecule is CC1(NC(=O)C2(C)CC(F)(F)C2)CS(=O)(=O)C1. The molecule has 0 atom stereocenters. The maximum Gasteiger partial charge on any atom is 0.250 e. The van der Waals surface area contributed by atoms with Gasteiger partial charge in [-0.2, -0.15) is 0 Å². The maximum absolute atomic E-state index is 12.8. The largest absolute Gasteiger partial charge is 0.348 e. The van der Waals surface area contributed by atoms with Gasteiger partial charge in [-0.25, -0.2) is 17.2 Å². The molecule has 2 rings (SSSR count). The molecule has 1 N–H and O–H groups in total. The Balaban J connectivity index is 1.96. The van der Waals surface area contributed by atoms with Crippen molar-refractivity contribution in [2.24, 2.45) is 5.41 Å². The Labute approximate surface area is 98.7 Å². The zero-order chi connectivity index (χ0) is 13.1. The van der Waals surface area contributed by atoms with Gasteiger partial charge in [-0.15, -0.1) is 0 Å². The monoisotopic (exact) mass is 267 g/mol. The molecule has 0 radical (unpaired) electrons. The zero-order valence-corrected chi connectivity index (χ0v) is 10.5. The summed E-state index contributed by atoms with van der Waals surface area (Å²) < 4.78 is 47.6. The summed E-state index contributed by atoms with van der Waals surface area (Å²) in [4.78, 5) is 11.8. The fraction of sp³-hybridized carbons (Fsp3) is 0.900. The van der Waals surface area contributed by atoms with Crippen molar-refractivity contribution in [1.82, 2.24) is 5.32 Å². The second-order valence-electron chi connectivity index (χ2n) is 5.82. The topological polar surface area (TPSA) is 63.2 Å². The van der Waals surface area contributed by atoms with Crippen molar-refractivity contribution in [2.45, 2.75) is 38.2 Å². The number of hydrogen-bond donors (Lipinski definition) is 1. The highest BCUT2D eigenvalue weighted by Crippen LogP contribution is 2.52. The van der Waals surface area contributed by atoms with Crippen LogP contribution < -0.4 is 5.32 Å². The van der Waals surface area contributed by atoms with Crippen molar-refractivity contribution in [3.63, 3.8) is 0 Å². The van der Waals surface area contributed by atoms with Gasteiger partial charge in [-0.1, -0.05) is 6.92 Å². The molecule has 0 aromatic carbocycles. The van der Waals surface area contributed by atoms with Crippen LogP contribution >= 0.6 is 0 Å². The molecule has 1 saturated carbocycles. The third-order valence-corrected chi connectivity index (χ3v) is 5.49. The molecule has 4 nitrogen and oxygen atoms in total. The van der Waals surface area contributed by atoms with Crippen LogP contribution in [0, 0.1) is 5.41 Å². The smallest absolute Gasteiger partial charge is 0.250 e. The molecular weight excluding hydrogens is 252 g/mol. The van der Waals surface area contributed by atoms with Gasteiger partial charge in [-0.05, 0) is 6.92 Å². The number of nitrogens with one attached hydrogen (secondary N) is 1. The number of rotatable bonds is 2. The quantitative estimate of drug-likeness (QED) is 0.802. The van der Waals surface area contributed by atoms with Gasteiger partial charge >= 0.3 is 0 Å². The Hall–Kier alpha value is -0.720. The molecule has 1 amide bonds. The van der Waals surface area contributed by atoms with Crippen LogP contribution in [0.15, 0.2) is 0 Å². The molecule has 1 saturated heterocycles. The Morgan fingerprint density at radius 3 is 2.00 bits per heavy atom. The predicted molar refractivity (Wildman–Crippen MR) is 57.5 cm³/mol. The van der Waals surface area contributed by atoms with Gasteiger partial charge in [0, 0.05) is 12.8 Å². The number of halogens is 2. The summed E-state index contributed by atoms with van der Waals surface area (Å²) in [7, 11) is -3.05. The van der Waals surface area contributed by atoms with Gasteiger partial charge in [-0.3, -0.25) is 4.79 Å². The van der Waals surface area contributed by atoms with Crippen LogP contribution in [0.5, 0.6) is 0 Å². The van der Waals surface area contributed by atoms with E-state index in [1.807, 2.05) is 0 Å². The molecule has 0 bridgehead atoms. The van der Waals surface area contributed by atoms with Crippen molar-refractivity contribution in [3.05, 3.63) is 0 Å². The summed E-state index contributed by atoms with van der Waals surface area (Å²) in [6.07, 6.45) is -0.927. The van der Waals surface area contributed by atoms with E-state index in [1.54, 1.807) is 6.92 Å². The summed E-state index contributed by atoms with van der Waals surface area (Å²) in [5.41, 5.74) is -1.85. The van der Waals surface area contributed by atoms with Gasteiger partial charge < -0.3 is 5.32 Å². The Bertz CT molecular complexity index is 452. The van der Waals surface area contributed by atoms with E-state index in [4.69, 9.17) is 0 Å². The summed E-state index contributed by atoms with van der Waals surface area (Å²) in [5.74, 6) is -3.46. The van der Waals surface area contributed by atoms with Crippen molar-refractivity contribution in [3.8, 4) is 0 Å². The highest BCUT2D eigenvalue weighted by Gasteiger charge is 2.59. The third kappa shape index (κ3) is 2.29. The fourth-order valence-corrected chi connectivity index (χ4v) is 4.68. The van der Waals surface area contributed by atoms with Crippen LogP contribution in [0.1, 0.15) is 26.7 Å². The zero-order valence-electron chi connectivity index (χ0n) is 9.72. The lowest BCUT2D eigenvalue weighted by Gasteiger charge is -2.47. The minimum Gasteiger partial charge on any atom is -0.348 e. The Kier molecular flexibility index (Phi) is 2.38. The van der Waals surface area contributed by atoms with Crippen molar-refractivity contribution in [1.29, 1.82) is 0 Å². The lowest BCUT2D eigenvalue weighted by Crippen LogP contribution is -2.67. The molecular formula is C10H15F2NO3S. The highest BCUT2D eigenvalue weighted by molar-refractivity contribution is 7.93. The molecule has 2 aliphatic rings. The Morgan fingerprint density at radius 1 is 1.18 bits per heavy atom. The van der Waals surface area contributed by atoms with E-state index < -0.39 is 45.5 Å². The molecule has 0 aromatic heterocycles. The molecule has 7 heteroatoms. The Morgan fingerprint density at radius 2 is 1.65 bits per heavy atom. The molecule has 2 fully saturated rings. The van der Waals surface area contributed by atoms with Crippen LogP contribution in [0.3, 0.4) is 0 Å². The van der Waals surface area contributed by atoms with E-state index in [2.05, 4.69) is 5.32 Å². The van der Waals surface area contributed by atoms with Crippen molar-refractivity contribution < 1.29 is 22.0 Å². The van der Waals surface area contributed by atoms with E-state index in [0.717, 1.165) is 0 Å². The number of carbonyl (C=O) groups is 1. The van der Waals surface area contributed by atoms with Gasteiger partial charge in [0.2, 0.25) is 11.8 Å². The van der Waals surface area contributed by atoms with Crippen molar-refractivity contribution >= 4 is 15.7 Å². The summed E-state index contributed by atoms with van der Waals surface area (Å²) in [5, 5.41) is 2.58. The first-order chi connectivity index (χ1) is 7.46. The lowest BCUT2D eigenvalue weighted by atomic mass is 9.66. The molecule has 0 spiro atoms. The van der Waals surface area contributed by atoms with Gasteiger partial charge in [0.1, 0.15) is 0 Å². The standard InChI is InChI=1S/C10H15F2NO3S/c1-8(3-10(11,12)4-8)7(14)13-9(2)5-17(15,16)6-9/h3-6H2,1-2H3,(H,13,14). The first-order valence-electron chi connectivity index (χ1n) is 5.36. The van der Waals surface area contributed by atoms with E-state index >= 15 is 0 Å². The molecule has 17 heavy (non-hydrogen) atoms. The van der Waals surface area contributed by atoms with E-state index in [0.29, 0.717) is 0 Å². The number of amides is 1. The third-order valence-electron chi connectivity index (χ3n) is 3.34. The number of sulfone groups is 1. The molecule has 0 aromatic rings. The second kappa shape index (κ2) is 3.18. The number of hydrogen-bond acceptors (Lipinski definition) is 3. The van der Waals surface area contributed by atoms with Gasteiger partial charge in [0.25, 0.3) is 0 Å². The molecule has 98 valence electrons. The van der Waals surface area contributed by atoms with Crippen LogP contribution in [0.4, 0.5) is 8.78 Å². The van der Waals surface area contributed by atoms with Gasteiger partial charge in [0.05, 0.1) is 22.5 Å². The molecule has 1 aliphatic heterocycles.